The number of rotatable bonds is 6. The maximum atomic E-state index is 12.5. The van der Waals surface area contributed by atoms with Crippen molar-refractivity contribution in [1.82, 2.24) is 20.4 Å². The van der Waals surface area contributed by atoms with Crippen molar-refractivity contribution in [2.24, 2.45) is 5.92 Å². The van der Waals surface area contributed by atoms with Gasteiger partial charge in [-0.15, -0.1) is 6.58 Å². The van der Waals surface area contributed by atoms with Crippen molar-refractivity contribution in [2.45, 2.75) is 25.9 Å². The summed E-state index contributed by atoms with van der Waals surface area (Å²) < 4.78 is 5.88. The number of H-pyrrole nitrogens is 4. The average molecular weight is 342 g/mol. The Morgan fingerprint density at radius 1 is 1.04 bits per heavy atom. The number of allylic oxidation sites excluding steroid dienone is 2. The van der Waals surface area contributed by atoms with E-state index < -0.39 is 5.92 Å². The molecule has 0 unspecified atom stereocenters. The van der Waals surface area contributed by atoms with Gasteiger partial charge in [0.25, 0.3) is 11.1 Å². The zero-order chi connectivity index (χ0) is 18.0. The minimum atomic E-state index is -0.444. The van der Waals surface area contributed by atoms with Gasteiger partial charge < -0.3 is 14.9 Å². The molecule has 132 valence electrons. The topological polar surface area (TPSA) is 107 Å². The van der Waals surface area contributed by atoms with Crippen LogP contribution in [0.4, 0.5) is 0 Å². The van der Waals surface area contributed by atoms with Crippen LogP contribution in [0.25, 0.3) is 0 Å². The molecule has 0 saturated heterocycles. The maximum absolute atomic E-state index is 12.5. The van der Waals surface area contributed by atoms with Crippen LogP contribution < -0.4 is 11.1 Å². The molecular weight excluding hydrogens is 320 g/mol. The highest BCUT2D eigenvalue weighted by Crippen LogP contribution is 2.36. The summed E-state index contributed by atoms with van der Waals surface area (Å²) in [4.78, 5) is 24.9. The van der Waals surface area contributed by atoms with Crippen LogP contribution in [-0.2, 0) is 4.74 Å². The Bertz CT molecular complexity index is 871. The maximum Gasteiger partial charge on any atom is 0.267 e. The highest BCUT2D eigenvalue weighted by atomic mass is 16.5. The molecule has 4 N–H and O–H groups in total. The molecule has 2 heterocycles. The predicted molar refractivity (Wildman–Crippen MR) is 95.9 cm³/mol. The molecule has 0 amide bonds. The Morgan fingerprint density at radius 3 is 2.08 bits per heavy atom. The summed E-state index contributed by atoms with van der Waals surface area (Å²) in [5, 5.41) is 10.9. The van der Waals surface area contributed by atoms with Crippen LogP contribution in [-0.4, -0.2) is 33.1 Å². The Hall–Kier alpha value is -2.80. The molecule has 7 nitrogen and oxygen atoms in total. The minimum Gasteiger partial charge on any atom is -0.369 e. The van der Waals surface area contributed by atoms with Crippen LogP contribution in [0.5, 0.6) is 0 Å². The normalized spacial score (nSPS) is 19.6. The zero-order valence-corrected chi connectivity index (χ0v) is 14.3. The van der Waals surface area contributed by atoms with Crippen molar-refractivity contribution in [2.75, 3.05) is 6.61 Å². The number of aromatic nitrogens is 4. The van der Waals surface area contributed by atoms with Crippen molar-refractivity contribution >= 4 is 0 Å². The molecule has 2 aromatic rings. The monoisotopic (exact) mass is 342 g/mol. The standard InChI is InChI=1S/C18H22N4O3/c1-4-9-25-13-8-6-5-7-12(13)16(14-10(2)19-21-17(14)23)15-11(3)20-22-18(15)24/h4-8,12-13,16H,1,9H2,2-3H3,(H2,19,21,23)(H2,20,22,24)/t12-,13+/m0/s1. The Morgan fingerprint density at radius 2 is 1.60 bits per heavy atom. The van der Waals surface area contributed by atoms with Crippen molar-refractivity contribution in [1.29, 1.82) is 0 Å². The van der Waals surface area contributed by atoms with Gasteiger partial charge in [-0.2, -0.15) is 0 Å². The summed E-state index contributed by atoms with van der Waals surface area (Å²) in [6, 6.07) is 0. The van der Waals surface area contributed by atoms with Crippen LogP contribution in [0.2, 0.25) is 0 Å². The molecule has 3 rings (SSSR count). The van der Waals surface area contributed by atoms with E-state index in [1.54, 1.807) is 6.08 Å². The lowest BCUT2D eigenvalue weighted by atomic mass is 9.76. The smallest absolute Gasteiger partial charge is 0.267 e. The summed E-state index contributed by atoms with van der Waals surface area (Å²) in [5.74, 6) is -0.642. The molecule has 7 heteroatoms. The summed E-state index contributed by atoms with van der Waals surface area (Å²) >= 11 is 0. The zero-order valence-electron chi connectivity index (χ0n) is 14.3. The second kappa shape index (κ2) is 6.98. The van der Waals surface area contributed by atoms with Gasteiger partial charge in [-0.1, -0.05) is 30.4 Å². The molecule has 0 bridgehead atoms. The first-order valence-corrected chi connectivity index (χ1v) is 8.16. The van der Waals surface area contributed by atoms with Crippen molar-refractivity contribution in [3.63, 3.8) is 0 Å². The van der Waals surface area contributed by atoms with Gasteiger partial charge in [0.1, 0.15) is 0 Å². The van der Waals surface area contributed by atoms with Gasteiger partial charge in [0.05, 0.1) is 12.7 Å². The van der Waals surface area contributed by atoms with E-state index in [2.05, 4.69) is 27.0 Å². The fourth-order valence-corrected chi connectivity index (χ4v) is 3.44. The first-order chi connectivity index (χ1) is 12.0. The first-order valence-electron chi connectivity index (χ1n) is 8.16. The molecule has 25 heavy (non-hydrogen) atoms. The lowest BCUT2D eigenvalue weighted by Crippen LogP contribution is -2.33. The van der Waals surface area contributed by atoms with E-state index >= 15 is 0 Å². The number of ether oxygens (including phenoxy) is 1. The van der Waals surface area contributed by atoms with E-state index in [0.29, 0.717) is 29.1 Å². The third-order valence-corrected chi connectivity index (χ3v) is 4.56. The molecule has 0 aromatic carbocycles. The van der Waals surface area contributed by atoms with E-state index in [1.165, 1.54) is 0 Å². The van der Waals surface area contributed by atoms with Gasteiger partial charge in [0, 0.05) is 34.4 Å². The summed E-state index contributed by atoms with van der Waals surface area (Å²) in [5.41, 5.74) is 2.05. The summed E-state index contributed by atoms with van der Waals surface area (Å²) in [6.45, 7) is 7.71. The number of nitrogens with one attached hydrogen (secondary N) is 4. The van der Waals surface area contributed by atoms with Crippen molar-refractivity contribution in [3.8, 4) is 0 Å². The number of hydrogen-bond acceptors (Lipinski definition) is 3. The van der Waals surface area contributed by atoms with Crippen LogP contribution in [0, 0.1) is 19.8 Å². The van der Waals surface area contributed by atoms with Gasteiger partial charge in [-0.05, 0) is 13.8 Å². The van der Waals surface area contributed by atoms with E-state index in [1.807, 2.05) is 38.2 Å². The van der Waals surface area contributed by atoms with E-state index in [-0.39, 0.29) is 23.1 Å². The third kappa shape index (κ3) is 3.10. The highest BCUT2D eigenvalue weighted by Gasteiger charge is 2.36. The number of hydrogen-bond donors (Lipinski definition) is 4. The molecule has 1 aliphatic rings. The van der Waals surface area contributed by atoms with Crippen molar-refractivity contribution in [3.05, 3.63) is 80.2 Å². The molecular formula is C18H22N4O3. The summed E-state index contributed by atoms with van der Waals surface area (Å²) in [6.07, 6.45) is 9.15. The molecule has 0 fully saturated rings. The van der Waals surface area contributed by atoms with Gasteiger partial charge in [0.2, 0.25) is 0 Å². The van der Waals surface area contributed by atoms with Gasteiger partial charge in [0.15, 0.2) is 0 Å². The molecule has 0 aliphatic heterocycles. The lowest BCUT2D eigenvalue weighted by molar-refractivity contribution is 0.0726. The Labute approximate surface area is 144 Å². The van der Waals surface area contributed by atoms with Crippen LogP contribution in [0.3, 0.4) is 0 Å². The quantitative estimate of drug-likeness (QED) is 0.601. The molecule has 0 saturated carbocycles. The van der Waals surface area contributed by atoms with Gasteiger partial charge in [-0.3, -0.25) is 19.8 Å². The molecule has 2 aromatic heterocycles. The second-order valence-corrected chi connectivity index (χ2v) is 6.15. The van der Waals surface area contributed by atoms with E-state index in [9.17, 15) is 9.59 Å². The Balaban J connectivity index is 2.16. The second-order valence-electron chi connectivity index (χ2n) is 6.15. The number of aromatic amines is 4. The molecule has 0 radical (unpaired) electrons. The Kier molecular flexibility index (Phi) is 4.76. The summed E-state index contributed by atoms with van der Waals surface area (Å²) in [7, 11) is 0. The first kappa shape index (κ1) is 17.0. The van der Waals surface area contributed by atoms with Crippen LogP contribution >= 0.6 is 0 Å². The predicted octanol–water partition coefficient (Wildman–Crippen LogP) is 1.78. The largest absolute Gasteiger partial charge is 0.369 e. The SMILES string of the molecule is C=CCO[C@@H]1C=CC=C[C@@H]1C(c1c(C)[nH][nH]c1=O)c1c(C)[nH][nH]c1=O. The van der Waals surface area contributed by atoms with Crippen molar-refractivity contribution < 1.29 is 4.74 Å². The highest BCUT2D eigenvalue weighted by molar-refractivity contribution is 5.38. The molecule has 2 atom stereocenters. The average Bonchev–Trinajstić information content (AvgIpc) is 3.11. The number of aryl methyl sites for hydroxylation is 2. The third-order valence-electron chi connectivity index (χ3n) is 4.56. The fourth-order valence-electron chi connectivity index (χ4n) is 3.44. The van der Waals surface area contributed by atoms with Crippen LogP contribution in [0.1, 0.15) is 28.4 Å². The van der Waals surface area contributed by atoms with Gasteiger partial charge >= 0.3 is 0 Å². The van der Waals surface area contributed by atoms with E-state index in [4.69, 9.17) is 4.74 Å². The van der Waals surface area contributed by atoms with Crippen LogP contribution in [0.15, 0.2) is 46.5 Å². The molecule has 1 aliphatic carbocycles. The van der Waals surface area contributed by atoms with Gasteiger partial charge in [-0.25, -0.2) is 0 Å². The fraction of sp³-hybridized carbons (Fsp3) is 0.333. The van der Waals surface area contributed by atoms with E-state index in [0.717, 1.165) is 0 Å². The molecule has 0 spiro atoms. The lowest BCUT2D eigenvalue weighted by Gasteiger charge is -2.30. The minimum absolute atomic E-state index is 0.198.